The number of nitrogens with one attached hydrogen (secondary N) is 2. The first kappa shape index (κ1) is 21.1. The van der Waals surface area contributed by atoms with Crippen molar-refractivity contribution in [1.82, 2.24) is 10.6 Å². The van der Waals surface area contributed by atoms with Crippen LogP contribution in [0, 0.1) is 0 Å². The lowest BCUT2D eigenvalue weighted by atomic mass is 10.2. The highest BCUT2D eigenvalue weighted by Gasteiger charge is 2.16. The van der Waals surface area contributed by atoms with Crippen molar-refractivity contribution in [2.75, 3.05) is 32.8 Å². The summed E-state index contributed by atoms with van der Waals surface area (Å²) in [6.07, 6.45) is 0.725. The monoisotopic (exact) mass is 318 g/mol. The first-order chi connectivity index (χ1) is 10.2. The van der Waals surface area contributed by atoms with Gasteiger partial charge in [-0.05, 0) is 54.5 Å². The van der Waals surface area contributed by atoms with Gasteiger partial charge in [-0.15, -0.1) is 0 Å². The van der Waals surface area contributed by atoms with Crippen molar-refractivity contribution < 1.29 is 19.0 Å². The Kier molecular flexibility index (Phi) is 11.2. The molecule has 0 aliphatic rings. The van der Waals surface area contributed by atoms with Gasteiger partial charge in [-0.1, -0.05) is 0 Å². The molecular weight excluding hydrogens is 284 g/mol. The molecule has 2 N–H and O–H groups in total. The second kappa shape index (κ2) is 11.7. The number of rotatable bonds is 11. The molecule has 0 rings (SSSR count). The van der Waals surface area contributed by atoms with Gasteiger partial charge in [-0.25, -0.2) is 4.79 Å². The van der Waals surface area contributed by atoms with Gasteiger partial charge < -0.3 is 24.8 Å². The van der Waals surface area contributed by atoms with E-state index in [0.717, 1.165) is 26.1 Å². The lowest BCUT2D eigenvalue weighted by Crippen LogP contribution is -2.37. The Morgan fingerprint density at radius 3 is 2.32 bits per heavy atom. The highest BCUT2D eigenvalue weighted by atomic mass is 16.6. The van der Waals surface area contributed by atoms with Crippen LogP contribution < -0.4 is 10.6 Å². The number of carbonyl (C=O) groups is 1. The molecule has 0 spiro atoms. The molecule has 0 unspecified atom stereocenters. The van der Waals surface area contributed by atoms with Crippen LogP contribution in [0.5, 0.6) is 0 Å². The van der Waals surface area contributed by atoms with Crippen LogP contribution in [0.1, 0.15) is 48.0 Å². The zero-order valence-corrected chi connectivity index (χ0v) is 15.0. The molecule has 6 nitrogen and oxygen atoms in total. The molecule has 2 atom stereocenters. The average molecular weight is 318 g/mol. The minimum absolute atomic E-state index is 0.0325. The third kappa shape index (κ3) is 14.1. The Balaban J connectivity index is 3.50. The topological polar surface area (TPSA) is 68.8 Å². The standard InChI is InChI=1S/C16H34N2O4/c1-7-20-13(2)11-17-9-8-10-21-14(3)12-18-15(19)22-16(4,5)6/h13-14,17H,7-12H2,1-6H3,(H,18,19)/t13-,14-/m0/s1. The van der Waals surface area contributed by atoms with Gasteiger partial charge in [-0.2, -0.15) is 0 Å². The minimum atomic E-state index is -0.474. The molecule has 0 radical (unpaired) electrons. The van der Waals surface area contributed by atoms with Gasteiger partial charge in [0.1, 0.15) is 5.60 Å². The molecule has 0 aliphatic heterocycles. The molecule has 0 aromatic carbocycles. The van der Waals surface area contributed by atoms with E-state index in [4.69, 9.17) is 14.2 Å². The predicted molar refractivity (Wildman–Crippen MR) is 88.2 cm³/mol. The lowest BCUT2D eigenvalue weighted by Gasteiger charge is -2.21. The predicted octanol–water partition coefficient (Wildman–Crippen LogP) is 2.32. The Morgan fingerprint density at radius 1 is 1.09 bits per heavy atom. The molecule has 0 aromatic rings. The largest absolute Gasteiger partial charge is 0.444 e. The molecule has 0 bridgehead atoms. The van der Waals surface area contributed by atoms with E-state index >= 15 is 0 Å². The highest BCUT2D eigenvalue weighted by molar-refractivity contribution is 5.67. The maximum Gasteiger partial charge on any atom is 0.407 e. The summed E-state index contributed by atoms with van der Waals surface area (Å²) < 4.78 is 16.2. The summed E-state index contributed by atoms with van der Waals surface area (Å²) in [7, 11) is 0. The first-order valence-electron chi connectivity index (χ1n) is 8.15. The zero-order chi connectivity index (χ0) is 17.0. The third-order valence-corrected chi connectivity index (χ3v) is 2.72. The molecular formula is C16H34N2O4. The van der Waals surface area contributed by atoms with Crippen molar-refractivity contribution in [2.45, 2.75) is 65.8 Å². The SMILES string of the molecule is CCO[C@@H](C)CNCCCO[C@@H](C)CNC(=O)OC(C)(C)C. The van der Waals surface area contributed by atoms with Crippen molar-refractivity contribution in [1.29, 1.82) is 0 Å². The maximum atomic E-state index is 11.5. The van der Waals surface area contributed by atoms with E-state index in [0.29, 0.717) is 13.2 Å². The number of carbonyl (C=O) groups excluding carboxylic acids is 1. The molecule has 0 fully saturated rings. The molecule has 1 amide bonds. The molecule has 22 heavy (non-hydrogen) atoms. The second-order valence-electron chi connectivity index (χ2n) is 6.39. The molecule has 0 saturated heterocycles. The quantitative estimate of drug-likeness (QED) is 0.572. The first-order valence-corrected chi connectivity index (χ1v) is 8.15. The Bertz CT molecular complexity index is 292. The lowest BCUT2D eigenvalue weighted by molar-refractivity contribution is 0.0389. The molecule has 0 aromatic heterocycles. The number of ether oxygens (including phenoxy) is 3. The van der Waals surface area contributed by atoms with Crippen LogP contribution in [0.2, 0.25) is 0 Å². The summed E-state index contributed by atoms with van der Waals surface area (Å²) in [5.74, 6) is 0. The zero-order valence-electron chi connectivity index (χ0n) is 15.0. The van der Waals surface area contributed by atoms with Gasteiger partial charge in [0.15, 0.2) is 0 Å². The van der Waals surface area contributed by atoms with Crippen molar-refractivity contribution >= 4 is 6.09 Å². The van der Waals surface area contributed by atoms with Crippen molar-refractivity contribution in [2.24, 2.45) is 0 Å². The summed E-state index contributed by atoms with van der Waals surface area (Å²) in [6.45, 7) is 15.1. The average Bonchev–Trinajstić information content (AvgIpc) is 2.38. The maximum absolute atomic E-state index is 11.5. The Morgan fingerprint density at radius 2 is 1.73 bits per heavy atom. The van der Waals surface area contributed by atoms with E-state index in [1.807, 2.05) is 34.6 Å². The van der Waals surface area contributed by atoms with Crippen molar-refractivity contribution in [3.05, 3.63) is 0 Å². The molecule has 0 aliphatic carbocycles. The smallest absolute Gasteiger partial charge is 0.407 e. The van der Waals surface area contributed by atoms with E-state index in [9.17, 15) is 4.79 Å². The van der Waals surface area contributed by atoms with Gasteiger partial charge in [-0.3, -0.25) is 0 Å². The fraction of sp³-hybridized carbons (Fsp3) is 0.938. The van der Waals surface area contributed by atoms with Gasteiger partial charge in [0, 0.05) is 26.3 Å². The van der Waals surface area contributed by atoms with Crippen LogP contribution in [-0.4, -0.2) is 56.8 Å². The number of alkyl carbamates (subject to hydrolysis) is 1. The molecule has 0 heterocycles. The van der Waals surface area contributed by atoms with E-state index in [-0.39, 0.29) is 12.2 Å². The van der Waals surface area contributed by atoms with E-state index < -0.39 is 11.7 Å². The number of amides is 1. The molecule has 0 saturated carbocycles. The number of hydrogen-bond donors (Lipinski definition) is 2. The minimum Gasteiger partial charge on any atom is -0.444 e. The highest BCUT2D eigenvalue weighted by Crippen LogP contribution is 2.06. The van der Waals surface area contributed by atoms with Crippen LogP contribution in [0.15, 0.2) is 0 Å². The van der Waals surface area contributed by atoms with E-state index in [1.165, 1.54) is 0 Å². The summed E-state index contributed by atoms with van der Waals surface area (Å²) in [5, 5.41) is 6.03. The Hall–Kier alpha value is -0.850. The van der Waals surface area contributed by atoms with Gasteiger partial charge in [0.2, 0.25) is 0 Å². The Labute approximate surface area is 135 Å². The molecule has 132 valence electrons. The third-order valence-electron chi connectivity index (χ3n) is 2.72. The summed E-state index contributed by atoms with van der Waals surface area (Å²) in [4.78, 5) is 11.5. The summed E-state index contributed by atoms with van der Waals surface area (Å²) >= 11 is 0. The van der Waals surface area contributed by atoms with Gasteiger partial charge in [0.05, 0.1) is 12.2 Å². The second-order valence-corrected chi connectivity index (χ2v) is 6.39. The van der Waals surface area contributed by atoms with E-state index in [2.05, 4.69) is 17.6 Å². The van der Waals surface area contributed by atoms with Crippen LogP contribution >= 0.6 is 0 Å². The van der Waals surface area contributed by atoms with Gasteiger partial charge in [0.25, 0.3) is 0 Å². The van der Waals surface area contributed by atoms with Gasteiger partial charge >= 0.3 is 6.09 Å². The number of hydrogen-bond acceptors (Lipinski definition) is 5. The normalized spacial score (nSPS) is 14.5. The van der Waals surface area contributed by atoms with Crippen LogP contribution in [-0.2, 0) is 14.2 Å². The van der Waals surface area contributed by atoms with Crippen molar-refractivity contribution in [3.63, 3.8) is 0 Å². The van der Waals surface area contributed by atoms with Crippen LogP contribution in [0.25, 0.3) is 0 Å². The molecule has 6 heteroatoms. The fourth-order valence-corrected chi connectivity index (χ4v) is 1.73. The van der Waals surface area contributed by atoms with E-state index in [1.54, 1.807) is 0 Å². The van der Waals surface area contributed by atoms with Crippen LogP contribution in [0.4, 0.5) is 4.79 Å². The fourth-order valence-electron chi connectivity index (χ4n) is 1.73. The van der Waals surface area contributed by atoms with Crippen molar-refractivity contribution in [3.8, 4) is 0 Å². The summed E-state index contributed by atoms with van der Waals surface area (Å²) in [5.41, 5.74) is -0.474. The van der Waals surface area contributed by atoms with Crippen LogP contribution in [0.3, 0.4) is 0 Å². The summed E-state index contributed by atoms with van der Waals surface area (Å²) in [6, 6.07) is 0.